The molecule has 0 bridgehead atoms. The molecule has 5 aliphatic rings. The Hall–Kier alpha value is 0.860. The molecule has 0 aliphatic heterocycles. The van der Waals surface area contributed by atoms with E-state index < -0.39 is 0 Å². The lowest BCUT2D eigenvalue weighted by molar-refractivity contribution is 0.440. The SMILES string of the molecule is C1CCC(P(CC2CCCC2CP(C2CCCCC2)C2CCCCC2)C2CCCCC2)CC1. The monoisotopic (exact) mass is 490 g/mol. The fraction of sp³-hybridized carbons (Fsp3) is 1.00. The lowest BCUT2D eigenvalue weighted by Gasteiger charge is -2.43. The van der Waals surface area contributed by atoms with Crippen molar-refractivity contribution < 1.29 is 0 Å². The normalized spacial score (nSPS) is 32.2. The van der Waals surface area contributed by atoms with Gasteiger partial charge in [-0.15, -0.1) is 15.8 Å². The predicted octanol–water partition coefficient (Wildman–Crippen LogP) is 10.7. The summed E-state index contributed by atoms with van der Waals surface area (Å²) in [7, 11) is 0.637. The molecule has 0 amide bonds. The first-order valence-corrected chi connectivity index (χ1v) is 19.2. The second-order valence-corrected chi connectivity index (χ2v) is 18.7. The third kappa shape index (κ3) is 7.00. The van der Waals surface area contributed by atoms with E-state index in [-0.39, 0.29) is 0 Å². The van der Waals surface area contributed by atoms with E-state index >= 15 is 0 Å². The first-order chi connectivity index (χ1) is 16.4. The zero-order chi connectivity index (χ0) is 22.3. The van der Waals surface area contributed by atoms with Crippen molar-refractivity contribution in [3.05, 3.63) is 0 Å². The summed E-state index contributed by atoms with van der Waals surface area (Å²) in [5.41, 5.74) is 4.71. The molecule has 5 rings (SSSR count). The van der Waals surface area contributed by atoms with Crippen LogP contribution >= 0.6 is 15.8 Å². The van der Waals surface area contributed by atoms with Crippen LogP contribution in [0.15, 0.2) is 0 Å². The molecule has 5 fully saturated rings. The van der Waals surface area contributed by atoms with E-state index in [1.165, 1.54) is 22.6 Å². The van der Waals surface area contributed by atoms with Crippen molar-refractivity contribution in [3.8, 4) is 0 Å². The highest BCUT2D eigenvalue weighted by molar-refractivity contribution is 7.59. The minimum atomic E-state index is 0.319. The summed E-state index contributed by atoms with van der Waals surface area (Å²) in [6, 6.07) is 0. The van der Waals surface area contributed by atoms with Crippen molar-refractivity contribution in [2.45, 2.75) is 170 Å². The van der Waals surface area contributed by atoms with Crippen LogP contribution in [0.3, 0.4) is 0 Å². The first-order valence-electron chi connectivity index (χ1n) is 15.9. The molecule has 0 radical (unpaired) electrons. The number of rotatable bonds is 8. The molecule has 0 heterocycles. The molecule has 0 nitrogen and oxygen atoms in total. The van der Waals surface area contributed by atoms with Crippen molar-refractivity contribution in [2.75, 3.05) is 12.3 Å². The van der Waals surface area contributed by atoms with E-state index in [1.54, 1.807) is 160 Å². The van der Waals surface area contributed by atoms with E-state index in [9.17, 15) is 0 Å². The molecule has 190 valence electrons. The highest BCUT2D eigenvalue weighted by Crippen LogP contribution is 2.61. The van der Waals surface area contributed by atoms with E-state index in [2.05, 4.69) is 0 Å². The average Bonchev–Trinajstić information content (AvgIpc) is 3.34. The van der Waals surface area contributed by atoms with Gasteiger partial charge in [-0.3, -0.25) is 0 Å². The Morgan fingerprint density at radius 3 is 0.848 bits per heavy atom. The number of hydrogen-bond donors (Lipinski definition) is 0. The third-order valence-electron chi connectivity index (χ3n) is 10.9. The summed E-state index contributed by atoms with van der Waals surface area (Å²) in [5.74, 6) is 2.30. The van der Waals surface area contributed by atoms with Crippen molar-refractivity contribution >= 4 is 15.8 Å². The van der Waals surface area contributed by atoms with Crippen molar-refractivity contribution in [1.82, 2.24) is 0 Å². The highest BCUT2D eigenvalue weighted by atomic mass is 31.1. The molecule has 2 unspecified atom stereocenters. The van der Waals surface area contributed by atoms with Crippen LogP contribution in [0.25, 0.3) is 0 Å². The lowest BCUT2D eigenvalue weighted by atomic mass is 9.99. The fourth-order valence-electron chi connectivity index (χ4n) is 8.98. The van der Waals surface area contributed by atoms with Crippen LogP contribution in [0.2, 0.25) is 0 Å². The van der Waals surface area contributed by atoms with Crippen molar-refractivity contribution in [2.24, 2.45) is 11.8 Å². The minimum absolute atomic E-state index is 0.319. The molecule has 5 saturated carbocycles. The summed E-state index contributed by atoms with van der Waals surface area (Å²) in [6.07, 6.45) is 40.0. The van der Waals surface area contributed by atoms with E-state index in [4.69, 9.17) is 0 Å². The van der Waals surface area contributed by atoms with Crippen LogP contribution in [0, 0.1) is 11.8 Å². The number of hydrogen-bond acceptors (Lipinski definition) is 0. The molecule has 2 atom stereocenters. The molecular weight excluding hydrogens is 434 g/mol. The van der Waals surface area contributed by atoms with Crippen molar-refractivity contribution in [3.63, 3.8) is 0 Å². The van der Waals surface area contributed by atoms with Crippen LogP contribution in [0.1, 0.15) is 148 Å². The second-order valence-electron chi connectivity index (χ2n) is 13.0. The van der Waals surface area contributed by atoms with Crippen molar-refractivity contribution in [1.29, 1.82) is 0 Å². The largest absolute Gasteiger partial charge is 0.100 e. The summed E-state index contributed by atoms with van der Waals surface area (Å²) in [6.45, 7) is 0. The van der Waals surface area contributed by atoms with E-state index in [1.807, 2.05) is 0 Å². The molecule has 0 saturated heterocycles. The second kappa shape index (κ2) is 13.4. The molecule has 33 heavy (non-hydrogen) atoms. The summed E-state index contributed by atoms with van der Waals surface area (Å²) >= 11 is 0. The summed E-state index contributed by atoms with van der Waals surface area (Å²) < 4.78 is 0. The third-order valence-corrected chi connectivity index (χ3v) is 18.5. The smallest absolute Gasteiger partial charge is 0.0207 e. The average molecular weight is 491 g/mol. The molecule has 0 aromatic carbocycles. The summed E-state index contributed by atoms with van der Waals surface area (Å²) in [5, 5.41) is 0. The Bertz CT molecular complexity index is 453. The molecule has 0 aromatic heterocycles. The van der Waals surface area contributed by atoms with Gasteiger partial charge in [0.1, 0.15) is 0 Å². The van der Waals surface area contributed by atoms with E-state index in [0.29, 0.717) is 15.8 Å². The Morgan fingerprint density at radius 2 is 0.576 bits per heavy atom. The van der Waals surface area contributed by atoms with Gasteiger partial charge >= 0.3 is 0 Å². The maximum absolute atomic E-state index is 1.73. The van der Waals surface area contributed by atoms with Gasteiger partial charge in [0.25, 0.3) is 0 Å². The highest BCUT2D eigenvalue weighted by Gasteiger charge is 2.39. The zero-order valence-corrected chi connectivity index (χ0v) is 23.8. The molecular formula is C31H56P2. The fourth-order valence-corrected chi connectivity index (χ4v) is 17.5. The Kier molecular flexibility index (Phi) is 10.4. The Labute approximate surface area is 210 Å². The molecule has 0 N–H and O–H groups in total. The van der Waals surface area contributed by atoms with Gasteiger partial charge in [-0.05, 0) is 111 Å². The molecule has 0 spiro atoms. The lowest BCUT2D eigenvalue weighted by Crippen LogP contribution is -2.28. The molecule has 2 heteroatoms. The van der Waals surface area contributed by atoms with Gasteiger partial charge in [-0.1, -0.05) is 83.5 Å². The van der Waals surface area contributed by atoms with Gasteiger partial charge in [0.15, 0.2) is 0 Å². The van der Waals surface area contributed by atoms with Gasteiger partial charge in [-0.2, -0.15) is 0 Å². The van der Waals surface area contributed by atoms with Crippen LogP contribution in [0.4, 0.5) is 0 Å². The topological polar surface area (TPSA) is 0 Å². The Balaban J connectivity index is 1.26. The van der Waals surface area contributed by atoms with Gasteiger partial charge in [0, 0.05) is 0 Å². The van der Waals surface area contributed by atoms with Crippen LogP contribution < -0.4 is 0 Å². The van der Waals surface area contributed by atoms with Gasteiger partial charge in [0.05, 0.1) is 0 Å². The minimum Gasteiger partial charge on any atom is -0.100 e. The Morgan fingerprint density at radius 1 is 0.303 bits per heavy atom. The van der Waals surface area contributed by atoms with E-state index in [0.717, 1.165) is 11.8 Å². The van der Waals surface area contributed by atoms with Gasteiger partial charge in [0.2, 0.25) is 0 Å². The quantitative estimate of drug-likeness (QED) is 0.297. The standard InChI is InChI=1S/C31H56P2/c1-5-16-28(17-6-1)32(29-18-7-2-8-19-29)24-26-14-13-15-27(26)25-33(30-20-9-3-10-21-30)31-22-11-4-12-23-31/h26-31H,1-25H2. The maximum atomic E-state index is 1.73. The van der Waals surface area contributed by atoms with Gasteiger partial charge in [-0.25, -0.2) is 0 Å². The van der Waals surface area contributed by atoms with Crippen LogP contribution in [-0.4, -0.2) is 35.0 Å². The first kappa shape index (κ1) is 25.5. The van der Waals surface area contributed by atoms with Gasteiger partial charge < -0.3 is 0 Å². The van der Waals surface area contributed by atoms with Crippen LogP contribution in [-0.2, 0) is 0 Å². The zero-order valence-electron chi connectivity index (χ0n) is 22.0. The molecule has 0 aromatic rings. The summed E-state index contributed by atoms with van der Waals surface area (Å²) in [4.78, 5) is 0. The maximum Gasteiger partial charge on any atom is -0.0207 e. The van der Waals surface area contributed by atoms with Crippen LogP contribution in [0.5, 0.6) is 0 Å². The predicted molar refractivity (Wildman–Crippen MR) is 152 cm³/mol. The molecule has 5 aliphatic carbocycles.